The van der Waals surface area contributed by atoms with Gasteiger partial charge >= 0.3 is 0 Å². The highest BCUT2D eigenvalue weighted by molar-refractivity contribution is 5.95. The van der Waals surface area contributed by atoms with Gasteiger partial charge in [-0.25, -0.2) is 0 Å². The molecule has 16 heteroatoms. The molecule has 6 amide bonds. The minimum atomic E-state index is -1.09. The van der Waals surface area contributed by atoms with Gasteiger partial charge in [-0.2, -0.15) is 0 Å². The van der Waals surface area contributed by atoms with Crippen LogP contribution in [0.3, 0.4) is 0 Å². The molecule has 1 fully saturated rings. The molecule has 298 valence electrons. The van der Waals surface area contributed by atoms with Crippen LogP contribution in [-0.4, -0.2) is 97.2 Å². The smallest absolute Gasteiger partial charge is 0.245 e. The van der Waals surface area contributed by atoms with Crippen LogP contribution >= 0.6 is 0 Å². The van der Waals surface area contributed by atoms with E-state index in [1.165, 1.54) is 69.1 Å². The average Bonchev–Trinajstić information content (AvgIpc) is 3.61. The standard InChI is InChI=1S/C36H68N10O6/c1-2-3-4-5-6-7-8-9-10-11-12-13-14-19-31(48)41-23-24-42-33(50)27(17-15-22-43-36(39)40)45-34(51)29-18-16-25-46(29)35(52)28(20-21-30(38)47)44-32(49)26-37/h27-29H,2-26,37H2,1H3,(H2,38,47)(H,41,48)(H,42,50)(H,44,49)(H,45,51)(H4,39,40,43)/t27-,28-,29-/m0/s1. The van der Waals surface area contributed by atoms with Crippen LogP contribution in [0.5, 0.6) is 0 Å². The summed E-state index contributed by atoms with van der Waals surface area (Å²) in [5.74, 6) is -2.90. The van der Waals surface area contributed by atoms with Crippen LogP contribution in [0.1, 0.15) is 135 Å². The van der Waals surface area contributed by atoms with E-state index in [2.05, 4.69) is 33.2 Å². The van der Waals surface area contributed by atoms with E-state index in [4.69, 9.17) is 22.9 Å². The summed E-state index contributed by atoms with van der Waals surface area (Å²) in [6, 6.07) is -2.94. The van der Waals surface area contributed by atoms with Gasteiger partial charge in [-0.1, -0.05) is 84.0 Å². The summed E-state index contributed by atoms with van der Waals surface area (Å²) in [7, 11) is 0. The number of hydrogen-bond acceptors (Lipinski definition) is 8. The number of carbonyl (C=O) groups excluding carboxylic acids is 6. The number of primary amides is 1. The van der Waals surface area contributed by atoms with Crippen LogP contribution in [-0.2, 0) is 28.8 Å². The lowest BCUT2D eigenvalue weighted by Gasteiger charge is -2.29. The molecule has 0 bridgehead atoms. The van der Waals surface area contributed by atoms with Crippen molar-refractivity contribution in [1.29, 1.82) is 0 Å². The van der Waals surface area contributed by atoms with Gasteiger partial charge in [0.05, 0.1) is 6.54 Å². The molecule has 0 aromatic heterocycles. The Kier molecular flexibility index (Phi) is 25.4. The second-order valence-electron chi connectivity index (χ2n) is 13.7. The summed E-state index contributed by atoms with van der Waals surface area (Å²) < 4.78 is 0. The molecule has 3 atom stereocenters. The zero-order valence-corrected chi connectivity index (χ0v) is 31.6. The van der Waals surface area contributed by atoms with Crippen molar-refractivity contribution in [3.63, 3.8) is 0 Å². The Hall–Kier alpha value is -3.95. The van der Waals surface area contributed by atoms with Crippen LogP contribution in [0.15, 0.2) is 4.99 Å². The monoisotopic (exact) mass is 737 g/mol. The number of guanidine groups is 1. The Labute approximate surface area is 310 Å². The van der Waals surface area contributed by atoms with Crippen molar-refractivity contribution in [3.05, 3.63) is 0 Å². The number of aliphatic imine (C=N–C) groups is 1. The molecule has 0 spiro atoms. The lowest BCUT2D eigenvalue weighted by Crippen LogP contribution is -2.57. The molecule has 0 unspecified atom stereocenters. The van der Waals surface area contributed by atoms with Crippen LogP contribution < -0.4 is 44.2 Å². The molecule has 1 heterocycles. The second-order valence-corrected chi connectivity index (χ2v) is 13.7. The van der Waals surface area contributed by atoms with Crippen LogP contribution in [0, 0.1) is 0 Å². The normalized spacial score (nSPS) is 15.0. The third kappa shape index (κ3) is 21.4. The van der Waals surface area contributed by atoms with Crippen molar-refractivity contribution in [1.82, 2.24) is 26.2 Å². The minimum absolute atomic E-state index is 0.0451. The topological polar surface area (TPSA) is 270 Å². The molecule has 0 aromatic rings. The van der Waals surface area contributed by atoms with Gasteiger partial charge in [-0.15, -0.1) is 0 Å². The Balaban J connectivity index is 2.54. The summed E-state index contributed by atoms with van der Waals surface area (Å²) in [6.45, 7) is 2.79. The third-order valence-corrected chi connectivity index (χ3v) is 9.17. The van der Waals surface area contributed by atoms with Gasteiger partial charge in [0.15, 0.2) is 5.96 Å². The Morgan fingerprint density at radius 1 is 0.712 bits per heavy atom. The van der Waals surface area contributed by atoms with Crippen molar-refractivity contribution < 1.29 is 28.8 Å². The Morgan fingerprint density at radius 3 is 1.88 bits per heavy atom. The summed E-state index contributed by atoms with van der Waals surface area (Å²) in [6.07, 6.45) is 17.8. The van der Waals surface area contributed by atoms with E-state index < -0.39 is 47.7 Å². The number of rotatable bonds is 30. The van der Waals surface area contributed by atoms with E-state index >= 15 is 0 Å². The predicted molar refractivity (Wildman–Crippen MR) is 202 cm³/mol. The van der Waals surface area contributed by atoms with Crippen molar-refractivity contribution in [3.8, 4) is 0 Å². The number of unbranched alkanes of at least 4 members (excludes halogenated alkanes) is 12. The maximum atomic E-state index is 13.5. The van der Waals surface area contributed by atoms with Gasteiger partial charge in [-0.05, 0) is 38.5 Å². The van der Waals surface area contributed by atoms with Gasteiger partial charge < -0.3 is 49.1 Å². The molecule has 0 saturated carbocycles. The van der Waals surface area contributed by atoms with Crippen molar-refractivity contribution in [2.24, 2.45) is 27.9 Å². The molecule has 1 rings (SSSR count). The number of nitrogens with two attached hydrogens (primary N) is 4. The maximum absolute atomic E-state index is 13.5. The summed E-state index contributed by atoms with van der Waals surface area (Å²) >= 11 is 0. The molecule has 12 N–H and O–H groups in total. The van der Waals surface area contributed by atoms with Gasteiger partial charge in [0.2, 0.25) is 35.4 Å². The largest absolute Gasteiger partial charge is 0.370 e. The third-order valence-electron chi connectivity index (χ3n) is 9.17. The summed E-state index contributed by atoms with van der Waals surface area (Å²) in [5.41, 5.74) is 21.5. The van der Waals surface area contributed by atoms with Gasteiger partial charge in [-0.3, -0.25) is 33.8 Å². The van der Waals surface area contributed by atoms with E-state index in [0.29, 0.717) is 25.7 Å². The first-order valence-corrected chi connectivity index (χ1v) is 19.5. The Bertz CT molecular complexity index is 1120. The first-order chi connectivity index (χ1) is 25.0. The van der Waals surface area contributed by atoms with E-state index in [1.807, 2.05) is 0 Å². The van der Waals surface area contributed by atoms with E-state index in [-0.39, 0.29) is 63.9 Å². The first-order valence-electron chi connectivity index (χ1n) is 19.5. The number of carbonyl (C=O) groups is 6. The van der Waals surface area contributed by atoms with Crippen LogP contribution in [0.2, 0.25) is 0 Å². The minimum Gasteiger partial charge on any atom is -0.370 e. The van der Waals surface area contributed by atoms with E-state index in [0.717, 1.165) is 19.3 Å². The molecular formula is C36H68N10O6. The first kappa shape index (κ1) is 46.1. The summed E-state index contributed by atoms with van der Waals surface area (Å²) in [5, 5.41) is 10.9. The molecule has 0 radical (unpaired) electrons. The number of nitrogens with one attached hydrogen (secondary N) is 4. The highest BCUT2D eigenvalue weighted by Gasteiger charge is 2.38. The molecular weight excluding hydrogens is 668 g/mol. The number of hydrogen-bond donors (Lipinski definition) is 8. The summed E-state index contributed by atoms with van der Waals surface area (Å²) in [4.78, 5) is 81.1. The fourth-order valence-electron chi connectivity index (χ4n) is 6.24. The molecule has 0 aromatic carbocycles. The molecule has 1 aliphatic rings. The highest BCUT2D eigenvalue weighted by atomic mass is 16.2. The van der Waals surface area contributed by atoms with Crippen LogP contribution in [0.25, 0.3) is 0 Å². The molecule has 0 aliphatic carbocycles. The lowest BCUT2D eigenvalue weighted by molar-refractivity contribution is -0.142. The molecule has 1 aliphatic heterocycles. The van der Waals surface area contributed by atoms with E-state index in [1.54, 1.807) is 0 Å². The fourth-order valence-corrected chi connectivity index (χ4v) is 6.24. The SMILES string of the molecule is CCCCCCCCCCCCCCCC(=O)NCCNC(=O)[C@H](CCCN=C(N)N)NC(=O)[C@@H]1CCCN1C(=O)[C@H](CCC(N)=O)NC(=O)CN. The van der Waals surface area contributed by atoms with Gasteiger partial charge in [0, 0.05) is 39.0 Å². The molecule has 16 nitrogen and oxygen atoms in total. The molecule has 1 saturated heterocycles. The Morgan fingerprint density at radius 2 is 1.31 bits per heavy atom. The van der Waals surface area contributed by atoms with Crippen molar-refractivity contribution >= 4 is 41.4 Å². The fraction of sp³-hybridized carbons (Fsp3) is 0.806. The van der Waals surface area contributed by atoms with Crippen molar-refractivity contribution in [2.45, 2.75) is 153 Å². The van der Waals surface area contributed by atoms with E-state index in [9.17, 15) is 28.8 Å². The quantitative estimate of drug-likeness (QED) is 0.0296. The van der Waals surface area contributed by atoms with Gasteiger partial charge in [0.1, 0.15) is 18.1 Å². The zero-order valence-electron chi connectivity index (χ0n) is 31.6. The average molecular weight is 737 g/mol. The predicted octanol–water partition coefficient (Wildman–Crippen LogP) is 0.939. The number of nitrogens with zero attached hydrogens (tertiary/aromatic N) is 2. The maximum Gasteiger partial charge on any atom is 0.245 e. The highest BCUT2D eigenvalue weighted by Crippen LogP contribution is 2.20. The number of amides is 6. The lowest BCUT2D eigenvalue weighted by atomic mass is 10.0. The zero-order chi connectivity index (χ0) is 38.6. The molecule has 52 heavy (non-hydrogen) atoms. The van der Waals surface area contributed by atoms with Gasteiger partial charge in [0.25, 0.3) is 0 Å². The van der Waals surface area contributed by atoms with Crippen molar-refractivity contribution in [2.75, 3.05) is 32.7 Å². The van der Waals surface area contributed by atoms with Crippen LogP contribution in [0.4, 0.5) is 0 Å². The number of likely N-dealkylation sites (tertiary alicyclic amines) is 1. The second kappa shape index (κ2) is 28.6.